The average Bonchev–Trinajstić information content (AvgIpc) is 3.00. The van der Waals surface area contributed by atoms with E-state index in [0.717, 1.165) is 15.9 Å². The van der Waals surface area contributed by atoms with Gasteiger partial charge in [0.05, 0.1) is 12.6 Å². The standard InChI is InChI=1S/C10H11N3OS/c1-14-8-5-4-7-9(12-8)13(6-2-3-6)10(15)11-7/h4-6H,2-3H2,1H3,(H,11,15). The van der Waals surface area contributed by atoms with Gasteiger partial charge in [-0.1, -0.05) is 0 Å². The summed E-state index contributed by atoms with van der Waals surface area (Å²) in [5, 5.41) is 0. The van der Waals surface area contributed by atoms with E-state index in [9.17, 15) is 0 Å². The fourth-order valence-corrected chi connectivity index (χ4v) is 2.11. The monoisotopic (exact) mass is 221 g/mol. The predicted octanol–water partition coefficient (Wildman–Crippen LogP) is 2.44. The molecule has 78 valence electrons. The van der Waals surface area contributed by atoms with E-state index >= 15 is 0 Å². The lowest BCUT2D eigenvalue weighted by atomic mass is 10.4. The summed E-state index contributed by atoms with van der Waals surface area (Å²) >= 11 is 5.28. The molecule has 0 unspecified atom stereocenters. The number of hydrogen-bond acceptors (Lipinski definition) is 3. The Balaban J connectivity index is 2.31. The minimum atomic E-state index is 0.533. The Labute approximate surface area is 91.9 Å². The van der Waals surface area contributed by atoms with Crippen LogP contribution in [-0.4, -0.2) is 21.6 Å². The molecule has 1 aliphatic carbocycles. The molecule has 0 bridgehead atoms. The van der Waals surface area contributed by atoms with Crippen molar-refractivity contribution >= 4 is 23.4 Å². The van der Waals surface area contributed by atoms with Crippen LogP contribution >= 0.6 is 12.2 Å². The smallest absolute Gasteiger partial charge is 0.215 e. The van der Waals surface area contributed by atoms with E-state index in [1.807, 2.05) is 12.1 Å². The van der Waals surface area contributed by atoms with Crippen LogP contribution in [0.4, 0.5) is 0 Å². The number of nitrogens with zero attached hydrogens (tertiary/aromatic N) is 2. The van der Waals surface area contributed by atoms with Gasteiger partial charge in [0.1, 0.15) is 0 Å². The molecule has 1 N–H and O–H groups in total. The predicted molar refractivity (Wildman–Crippen MR) is 59.7 cm³/mol. The number of rotatable bonds is 2. The maximum absolute atomic E-state index is 5.28. The van der Waals surface area contributed by atoms with E-state index < -0.39 is 0 Å². The molecule has 0 saturated heterocycles. The summed E-state index contributed by atoms with van der Waals surface area (Å²) in [6, 6.07) is 4.33. The summed E-state index contributed by atoms with van der Waals surface area (Å²) in [7, 11) is 1.62. The number of ether oxygens (including phenoxy) is 1. The van der Waals surface area contributed by atoms with Crippen molar-refractivity contribution in [1.29, 1.82) is 0 Å². The van der Waals surface area contributed by atoms with Gasteiger partial charge in [0, 0.05) is 12.1 Å². The fraction of sp³-hybridized carbons (Fsp3) is 0.400. The molecule has 1 saturated carbocycles. The highest BCUT2D eigenvalue weighted by Crippen LogP contribution is 2.37. The molecule has 3 rings (SSSR count). The molecule has 0 amide bonds. The van der Waals surface area contributed by atoms with Crippen LogP contribution in [0, 0.1) is 4.77 Å². The third kappa shape index (κ3) is 1.34. The maximum atomic E-state index is 5.28. The van der Waals surface area contributed by atoms with Crippen molar-refractivity contribution in [3.63, 3.8) is 0 Å². The van der Waals surface area contributed by atoms with Crippen LogP contribution in [0.1, 0.15) is 18.9 Å². The quantitative estimate of drug-likeness (QED) is 0.792. The van der Waals surface area contributed by atoms with Crippen LogP contribution in [0.2, 0.25) is 0 Å². The number of nitrogens with one attached hydrogen (secondary N) is 1. The summed E-state index contributed by atoms with van der Waals surface area (Å²) in [6.45, 7) is 0. The number of aromatic nitrogens is 3. The van der Waals surface area contributed by atoms with E-state index in [2.05, 4.69) is 14.5 Å². The number of hydrogen-bond donors (Lipinski definition) is 1. The van der Waals surface area contributed by atoms with Crippen molar-refractivity contribution in [3.05, 3.63) is 16.9 Å². The summed E-state index contributed by atoms with van der Waals surface area (Å²) in [4.78, 5) is 7.58. The van der Waals surface area contributed by atoms with Crippen molar-refractivity contribution in [2.24, 2.45) is 0 Å². The van der Waals surface area contributed by atoms with Crippen molar-refractivity contribution in [2.75, 3.05) is 7.11 Å². The number of aromatic amines is 1. The minimum Gasteiger partial charge on any atom is -0.481 e. The normalized spacial score (nSPS) is 15.8. The topological polar surface area (TPSA) is 42.8 Å². The van der Waals surface area contributed by atoms with Gasteiger partial charge >= 0.3 is 0 Å². The van der Waals surface area contributed by atoms with Crippen molar-refractivity contribution in [1.82, 2.24) is 14.5 Å². The number of imidazole rings is 1. The lowest BCUT2D eigenvalue weighted by Gasteiger charge is -2.01. The molecule has 2 aromatic rings. The SMILES string of the molecule is COc1ccc2[nH]c(=S)n(C3CC3)c2n1. The van der Waals surface area contributed by atoms with Crippen molar-refractivity contribution < 1.29 is 4.74 Å². The first-order valence-corrected chi connectivity index (χ1v) is 5.35. The second kappa shape index (κ2) is 3.06. The van der Waals surface area contributed by atoms with Crippen LogP contribution in [0.15, 0.2) is 12.1 Å². The zero-order valence-electron chi connectivity index (χ0n) is 8.36. The van der Waals surface area contributed by atoms with E-state index in [1.165, 1.54) is 12.8 Å². The summed E-state index contributed by atoms with van der Waals surface area (Å²) in [5.41, 5.74) is 1.88. The molecule has 2 aromatic heterocycles. The molecular weight excluding hydrogens is 210 g/mol. The maximum Gasteiger partial charge on any atom is 0.215 e. The highest BCUT2D eigenvalue weighted by Gasteiger charge is 2.26. The molecule has 1 aliphatic rings. The van der Waals surface area contributed by atoms with Gasteiger partial charge in [-0.2, -0.15) is 4.98 Å². The Morgan fingerprint density at radius 1 is 1.53 bits per heavy atom. The zero-order chi connectivity index (χ0) is 10.4. The van der Waals surface area contributed by atoms with E-state index in [1.54, 1.807) is 7.11 Å². The molecule has 0 aliphatic heterocycles. The lowest BCUT2D eigenvalue weighted by molar-refractivity contribution is 0.399. The average molecular weight is 221 g/mol. The first-order chi connectivity index (χ1) is 7.29. The van der Waals surface area contributed by atoms with Crippen LogP contribution in [0.25, 0.3) is 11.2 Å². The largest absolute Gasteiger partial charge is 0.481 e. The molecule has 0 aromatic carbocycles. The Bertz CT molecular complexity index is 568. The van der Waals surface area contributed by atoms with Gasteiger partial charge in [-0.05, 0) is 31.1 Å². The van der Waals surface area contributed by atoms with E-state index in [0.29, 0.717) is 11.9 Å². The van der Waals surface area contributed by atoms with Gasteiger partial charge in [0.25, 0.3) is 0 Å². The molecule has 2 heterocycles. The first-order valence-electron chi connectivity index (χ1n) is 4.95. The van der Waals surface area contributed by atoms with Gasteiger partial charge in [-0.25, -0.2) is 0 Å². The Morgan fingerprint density at radius 2 is 2.33 bits per heavy atom. The van der Waals surface area contributed by atoms with Crippen molar-refractivity contribution in [3.8, 4) is 5.88 Å². The van der Waals surface area contributed by atoms with Crippen molar-refractivity contribution in [2.45, 2.75) is 18.9 Å². The summed E-state index contributed by atoms with van der Waals surface area (Å²) in [6.07, 6.45) is 2.39. The molecule has 1 fully saturated rings. The van der Waals surface area contributed by atoms with Gasteiger partial charge in [-0.15, -0.1) is 0 Å². The van der Waals surface area contributed by atoms with Gasteiger partial charge in [0.2, 0.25) is 5.88 Å². The number of H-pyrrole nitrogens is 1. The first kappa shape index (κ1) is 8.91. The highest BCUT2D eigenvalue weighted by molar-refractivity contribution is 7.71. The van der Waals surface area contributed by atoms with Crippen LogP contribution in [-0.2, 0) is 0 Å². The molecule has 5 heteroatoms. The number of pyridine rings is 1. The van der Waals surface area contributed by atoms with Gasteiger partial charge < -0.3 is 9.72 Å². The second-order valence-corrected chi connectivity index (χ2v) is 4.14. The second-order valence-electron chi connectivity index (χ2n) is 3.76. The molecule has 0 atom stereocenters. The Hall–Kier alpha value is -1.36. The van der Waals surface area contributed by atoms with Crippen LogP contribution < -0.4 is 4.74 Å². The molecular formula is C10H11N3OS. The number of fused-ring (bicyclic) bond motifs is 1. The minimum absolute atomic E-state index is 0.533. The molecule has 0 radical (unpaired) electrons. The third-order valence-corrected chi connectivity index (χ3v) is 2.96. The molecule has 0 spiro atoms. The highest BCUT2D eigenvalue weighted by atomic mass is 32.1. The lowest BCUT2D eigenvalue weighted by Crippen LogP contribution is -1.96. The van der Waals surface area contributed by atoms with E-state index in [4.69, 9.17) is 17.0 Å². The van der Waals surface area contributed by atoms with Gasteiger partial charge in [0.15, 0.2) is 10.4 Å². The summed E-state index contributed by atoms with van der Waals surface area (Å²) < 4.78 is 7.96. The molecule has 15 heavy (non-hydrogen) atoms. The van der Waals surface area contributed by atoms with Gasteiger partial charge in [-0.3, -0.25) is 4.57 Å². The van der Waals surface area contributed by atoms with Crippen LogP contribution in [0.5, 0.6) is 5.88 Å². The fourth-order valence-electron chi connectivity index (χ4n) is 1.77. The van der Waals surface area contributed by atoms with E-state index in [-0.39, 0.29) is 0 Å². The summed E-state index contributed by atoms with van der Waals surface area (Å²) in [5.74, 6) is 0.630. The molecule has 4 nitrogen and oxygen atoms in total. The van der Waals surface area contributed by atoms with Crippen LogP contribution in [0.3, 0.4) is 0 Å². The number of methoxy groups -OCH3 is 1. The Morgan fingerprint density at radius 3 is 3.00 bits per heavy atom. The third-order valence-electron chi connectivity index (χ3n) is 2.66. The Kier molecular flexibility index (Phi) is 1.82. The zero-order valence-corrected chi connectivity index (χ0v) is 9.17.